The normalized spacial score (nSPS) is 10.5. The second-order valence-corrected chi connectivity index (χ2v) is 4.97. The topological polar surface area (TPSA) is 52.3 Å². The van der Waals surface area contributed by atoms with Gasteiger partial charge in [-0.2, -0.15) is 0 Å². The summed E-state index contributed by atoms with van der Waals surface area (Å²) in [7, 11) is 0. The maximum atomic E-state index is 13.5. The Balaban J connectivity index is 2.57. The molecule has 2 rings (SSSR count). The van der Waals surface area contributed by atoms with Crippen molar-refractivity contribution in [3.63, 3.8) is 0 Å². The van der Waals surface area contributed by atoms with E-state index in [2.05, 4.69) is 0 Å². The number of nitrogens with two attached hydrogens (primary N) is 1. The number of rotatable bonds is 4. The molecule has 2 aromatic rings. The molecule has 0 aromatic heterocycles. The molecular formula is C16H15ClFNO2. The average molecular weight is 308 g/mol. The maximum absolute atomic E-state index is 13.5. The van der Waals surface area contributed by atoms with Crippen LogP contribution in [-0.2, 0) is 0 Å². The summed E-state index contributed by atoms with van der Waals surface area (Å²) in [5.74, 6) is -0.451. The van der Waals surface area contributed by atoms with Crippen LogP contribution in [0.15, 0.2) is 30.3 Å². The van der Waals surface area contributed by atoms with Crippen LogP contribution >= 0.6 is 11.6 Å². The summed E-state index contributed by atoms with van der Waals surface area (Å²) in [4.78, 5) is 12.7. The van der Waals surface area contributed by atoms with Crippen LogP contribution in [0.2, 0.25) is 5.02 Å². The number of anilines is 1. The van der Waals surface area contributed by atoms with E-state index < -0.39 is 5.82 Å². The zero-order valence-electron chi connectivity index (χ0n) is 11.7. The molecule has 0 amide bonds. The van der Waals surface area contributed by atoms with E-state index in [0.29, 0.717) is 23.6 Å². The van der Waals surface area contributed by atoms with E-state index in [9.17, 15) is 9.18 Å². The lowest BCUT2D eigenvalue weighted by molar-refractivity contribution is 0.103. The van der Waals surface area contributed by atoms with Crippen molar-refractivity contribution in [2.75, 3.05) is 12.3 Å². The Morgan fingerprint density at radius 3 is 2.76 bits per heavy atom. The maximum Gasteiger partial charge on any atom is 0.200 e. The van der Waals surface area contributed by atoms with E-state index >= 15 is 0 Å². The van der Waals surface area contributed by atoms with E-state index in [-0.39, 0.29) is 21.9 Å². The fourth-order valence-corrected chi connectivity index (χ4v) is 2.27. The molecule has 0 unspecified atom stereocenters. The summed E-state index contributed by atoms with van der Waals surface area (Å²) in [5.41, 5.74) is 6.97. The first-order chi connectivity index (χ1) is 9.95. The first-order valence-electron chi connectivity index (χ1n) is 6.47. The zero-order valence-corrected chi connectivity index (χ0v) is 12.5. The molecular weight excluding hydrogens is 293 g/mol. The van der Waals surface area contributed by atoms with Gasteiger partial charge in [-0.25, -0.2) is 4.39 Å². The molecule has 2 aromatic carbocycles. The largest absolute Gasteiger partial charge is 0.493 e. The second kappa shape index (κ2) is 6.14. The highest BCUT2D eigenvalue weighted by Crippen LogP contribution is 2.30. The number of ketones is 1. The SMILES string of the molecule is CCOc1cccc(N)c1C(=O)c1cc(C)c(F)cc1Cl. The van der Waals surface area contributed by atoms with Crippen molar-refractivity contribution in [1.82, 2.24) is 0 Å². The van der Waals surface area contributed by atoms with Crippen molar-refractivity contribution < 1.29 is 13.9 Å². The number of ether oxygens (including phenoxy) is 1. The molecule has 0 radical (unpaired) electrons. The molecule has 0 fully saturated rings. The molecule has 0 spiro atoms. The molecule has 0 saturated carbocycles. The fraction of sp³-hybridized carbons (Fsp3) is 0.188. The number of halogens is 2. The predicted molar refractivity (Wildman–Crippen MR) is 81.6 cm³/mol. The summed E-state index contributed by atoms with van der Waals surface area (Å²) in [6.45, 7) is 3.78. The van der Waals surface area contributed by atoms with Gasteiger partial charge in [-0.15, -0.1) is 0 Å². The minimum absolute atomic E-state index is 0.0498. The van der Waals surface area contributed by atoms with Crippen LogP contribution in [-0.4, -0.2) is 12.4 Å². The lowest BCUT2D eigenvalue weighted by Gasteiger charge is -2.13. The monoisotopic (exact) mass is 307 g/mol. The van der Waals surface area contributed by atoms with Crippen molar-refractivity contribution in [3.8, 4) is 5.75 Å². The van der Waals surface area contributed by atoms with E-state index in [1.807, 2.05) is 6.92 Å². The van der Waals surface area contributed by atoms with Gasteiger partial charge in [-0.3, -0.25) is 4.79 Å². The van der Waals surface area contributed by atoms with Gasteiger partial charge in [0.25, 0.3) is 0 Å². The first-order valence-corrected chi connectivity index (χ1v) is 6.85. The van der Waals surface area contributed by atoms with Gasteiger partial charge in [0.1, 0.15) is 11.6 Å². The third kappa shape index (κ3) is 3.00. The van der Waals surface area contributed by atoms with Crippen molar-refractivity contribution in [2.24, 2.45) is 0 Å². The Morgan fingerprint density at radius 2 is 2.10 bits per heavy atom. The van der Waals surface area contributed by atoms with Gasteiger partial charge in [-0.1, -0.05) is 17.7 Å². The highest BCUT2D eigenvalue weighted by molar-refractivity contribution is 6.35. The first kappa shape index (κ1) is 15.3. The number of hydrogen-bond donors (Lipinski definition) is 1. The van der Waals surface area contributed by atoms with Crippen molar-refractivity contribution in [3.05, 3.63) is 57.9 Å². The molecule has 3 nitrogen and oxygen atoms in total. The van der Waals surface area contributed by atoms with Gasteiger partial charge in [0, 0.05) is 11.3 Å². The lowest BCUT2D eigenvalue weighted by atomic mass is 9.99. The number of carbonyl (C=O) groups is 1. The molecule has 0 bridgehead atoms. The van der Waals surface area contributed by atoms with Crippen LogP contribution in [0.1, 0.15) is 28.4 Å². The van der Waals surface area contributed by atoms with Gasteiger partial charge >= 0.3 is 0 Å². The molecule has 2 N–H and O–H groups in total. The third-order valence-electron chi connectivity index (χ3n) is 3.08. The Hall–Kier alpha value is -2.07. The Bertz CT molecular complexity index is 701. The Labute approximate surface area is 127 Å². The number of hydrogen-bond acceptors (Lipinski definition) is 3. The molecule has 0 aliphatic carbocycles. The molecule has 5 heteroatoms. The number of nitrogen functional groups attached to an aromatic ring is 1. The minimum Gasteiger partial charge on any atom is -0.493 e. The van der Waals surface area contributed by atoms with E-state index in [1.54, 1.807) is 25.1 Å². The van der Waals surface area contributed by atoms with Crippen molar-refractivity contribution in [2.45, 2.75) is 13.8 Å². The van der Waals surface area contributed by atoms with E-state index in [4.69, 9.17) is 22.1 Å². The highest BCUT2D eigenvalue weighted by Gasteiger charge is 2.21. The second-order valence-electron chi connectivity index (χ2n) is 4.56. The van der Waals surface area contributed by atoms with Gasteiger partial charge in [0.2, 0.25) is 0 Å². The minimum atomic E-state index is -0.456. The van der Waals surface area contributed by atoms with Crippen LogP contribution in [0.25, 0.3) is 0 Å². The van der Waals surface area contributed by atoms with Crippen LogP contribution in [0.4, 0.5) is 10.1 Å². The number of aryl methyl sites for hydroxylation is 1. The van der Waals surface area contributed by atoms with Gasteiger partial charge in [0.05, 0.1) is 17.2 Å². The van der Waals surface area contributed by atoms with Gasteiger partial charge in [0.15, 0.2) is 5.78 Å². The summed E-state index contributed by atoms with van der Waals surface area (Å²) >= 11 is 5.99. The summed E-state index contributed by atoms with van der Waals surface area (Å²) in [6, 6.07) is 7.53. The average Bonchev–Trinajstić information content (AvgIpc) is 2.43. The summed E-state index contributed by atoms with van der Waals surface area (Å²) in [6.07, 6.45) is 0. The van der Waals surface area contributed by atoms with Crippen LogP contribution in [0.5, 0.6) is 5.75 Å². The van der Waals surface area contributed by atoms with E-state index in [0.717, 1.165) is 6.07 Å². The molecule has 0 aliphatic rings. The zero-order chi connectivity index (χ0) is 15.6. The Kier molecular flexibility index (Phi) is 4.48. The number of benzene rings is 2. The standard InChI is InChI=1S/C16H15ClFNO2/c1-3-21-14-6-4-5-13(19)15(14)16(20)10-7-9(2)12(18)8-11(10)17/h4-8H,3,19H2,1-2H3. The highest BCUT2D eigenvalue weighted by atomic mass is 35.5. The lowest BCUT2D eigenvalue weighted by Crippen LogP contribution is -2.10. The quantitative estimate of drug-likeness (QED) is 0.686. The predicted octanol–water partition coefficient (Wildman–Crippen LogP) is 4.00. The molecule has 21 heavy (non-hydrogen) atoms. The number of carbonyl (C=O) groups excluding carboxylic acids is 1. The Morgan fingerprint density at radius 1 is 1.38 bits per heavy atom. The van der Waals surface area contributed by atoms with Crippen LogP contribution in [0.3, 0.4) is 0 Å². The molecule has 0 atom stereocenters. The summed E-state index contributed by atoms with van der Waals surface area (Å²) in [5, 5.41) is 0.0498. The van der Waals surface area contributed by atoms with Crippen LogP contribution in [0, 0.1) is 12.7 Å². The summed E-state index contributed by atoms with van der Waals surface area (Å²) < 4.78 is 18.9. The molecule has 110 valence electrons. The van der Waals surface area contributed by atoms with Crippen molar-refractivity contribution >= 4 is 23.1 Å². The van der Waals surface area contributed by atoms with Crippen LogP contribution < -0.4 is 10.5 Å². The van der Waals surface area contributed by atoms with Gasteiger partial charge in [-0.05, 0) is 43.7 Å². The smallest absolute Gasteiger partial charge is 0.200 e. The van der Waals surface area contributed by atoms with Crippen molar-refractivity contribution in [1.29, 1.82) is 0 Å². The fourth-order valence-electron chi connectivity index (χ4n) is 2.03. The van der Waals surface area contributed by atoms with E-state index in [1.165, 1.54) is 6.07 Å². The molecule has 0 saturated heterocycles. The third-order valence-corrected chi connectivity index (χ3v) is 3.39. The molecule has 0 heterocycles. The van der Waals surface area contributed by atoms with Gasteiger partial charge < -0.3 is 10.5 Å². The molecule has 0 aliphatic heterocycles.